The van der Waals surface area contributed by atoms with E-state index in [0.29, 0.717) is 5.56 Å². The maximum Gasteiger partial charge on any atom is 0.343 e. The number of nitrogens with zero attached hydrogens (tertiary/aromatic N) is 2. The van der Waals surface area contributed by atoms with Crippen molar-refractivity contribution in [2.24, 2.45) is 7.05 Å². The molecule has 0 fully saturated rings. The number of hydrogen-bond donors (Lipinski definition) is 0. The van der Waals surface area contributed by atoms with Crippen molar-refractivity contribution in [3.63, 3.8) is 0 Å². The molecule has 102 valence electrons. The molecule has 0 aliphatic carbocycles. The van der Waals surface area contributed by atoms with E-state index in [1.54, 1.807) is 29.1 Å². The highest BCUT2D eigenvalue weighted by atomic mass is 35.5. The first kappa shape index (κ1) is 14.0. The summed E-state index contributed by atoms with van der Waals surface area (Å²) in [6, 6.07) is 7.01. The fraction of sp³-hybridized carbons (Fsp3) is 0.0769. The van der Waals surface area contributed by atoms with E-state index >= 15 is 0 Å². The molecule has 0 saturated heterocycles. The molecule has 2 aromatic rings. The molecule has 0 amide bonds. The first-order valence-electron chi connectivity index (χ1n) is 5.59. The molecule has 2 rings (SSSR count). The molecule has 1 aromatic carbocycles. The molecule has 0 aliphatic heterocycles. The predicted octanol–water partition coefficient (Wildman–Crippen LogP) is 2.29. The van der Waals surface area contributed by atoms with Crippen LogP contribution in [-0.4, -0.2) is 10.9 Å². The molecule has 0 unspecified atom stereocenters. The van der Waals surface area contributed by atoms with Gasteiger partial charge < -0.3 is 4.74 Å². The van der Waals surface area contributed by atoms with E-state index in [1.165, 1.54) is 12.1 Å². The molecule has 1 aromatic heterocycles. The number of ether oxygens (including phenoxy) is 1. The standard InChI is InChI=1S/C13H10ClN2O4/c1-15-6-4-9(5-7-15)13(17)20-10-2-3-11(14)12(8-10)16(18)19/h2-8H,1H3/q+1. The number of aryl methyl sites for hydroxylation is 1. The van der Waals surface area contributed by atoms with Gasteiger partial charge in [-0.05, 0) is 12.1 Å². The van der Waals surface area contributed by atoms with Crippen LogP contribution in [-0.2, 0) is 7.05 Å². The number of nitro groups is 1. The van der Waals surface area contributed by atoms with Crippen molar-refractivity contribution in [2.75, 3.05) is 0 Å². The highest BCUT2D eigenvalue weighted by Gasteiger charge is 2.16. The quantitative estimate of drug-likeness (QED) is 0.286. The minimum atomic E-state index is -0.637. The SMILES string of the molecule is C[n+]1ccc(C(=O)Oc2ccc(Cl)c([N+](=O)[O-])c2)cc1. The van der Waals surface area contributed by atoms with Gasteiger partial charge in [0.2, 0.25) is 0 Å². The molecule has 0 spiro atoms. The van der Waals surface area contributed by atoms with E-state index in [4.69, 9.17) is 16.3 Å². The number of pyridine rings is 1. The fourth-order valence-electron chi connectivity index (χ4n) is 1.50. The average Bonchev–Trinajstić information content (AvgIpc) is 2.41. The van der Waals surface area contributed by atoms with Crippen LogP contribution in [0.15, 0.2) is 42.7 Å². The van der Waals surface area contributed by atoms with Gasteiger partial charge in [0, 0.05) is 12.1 Å². The number of aromatic nitrogens is 1. The first-order valence-corrected chi connectivity index (χ1v) is 5.96. The van der Waals surface area contributed by atoms with Crippen molar-refractivity contribution in [3.05, 3.63) is 63.4 Å². The van der Waals surface area contributed by atoms with Crippen LogP contribution in [0.4, 0.5) is 5.69 Å². The molecule has 6 nitrogen and oxygen atoms in total. The van der Waals surface area contributed by atoms with Gasteiger partial charge >= 0.3 is 5.97 Å². The normalized spacial score (nSPS) is 10.1. The molecule has 0 bridgehead atoms. The second kappa shape index (κ2) is 5.66. The Bertz CT molecular complexity index is 671. The summed E-state index contributed by atoms with van der Waals surface area (Å²) in [5.41, 5.74) is 0.0390. The van der Waals surface area contributed by atoms with Gasteiger partial charge in [0.15, 0.2) is 12.4 Å². The van der Waals surface area contributed by atoms with Crippen LogP contribution < -0.4 is 9.30 Å². The lowest BCUT2D eigenvalue weighted by atomic mass is 10.2. The Morgan fingerprint density at radius 2 is 1.95 bits per heavy atom. The van der Waals surface area contributed by atoms with Crippen molar-refractivity contribution in [2.45, 2.75) is 0 Å². The van der Waals surface area contributed by atoms with Gasteiger partial charge in [0.05, 0.1) is 16.6 Å². The Hall–Kier alpha value is -2.47. The number of nitro benzene ring substituents is 1. The summed E-state index contributed by atoms with van der Waals surface area (Å²) in [5, 5.41) is 10.7. The second-order valence-electron chi connectivity index (χ2n) is 4.01. The third-order valence-corrected chi connectivity index (χ3v) is 2.86. The number of rotatable bonds is 3. The molecule has 0 saturated carbocycles. The number of carbonyl (C=O) groups is 1. The summed E-state index contributed by atoms with van der Waals surface area (Å²) >= 11 is 5.68. The molecule has 0 atom stereocenters. The minimum absolute atomic E-state index is 0.0125. The summed E-state index contributed by atoms with van der Waals surface area (Å²) in [6.45, 7) is 0. The van der Waals surface area contributed by atoms with Crippen LogP contribution in [0.25, 0.3) is 0 Å². The second-order valence-corrected chi connectivity index (χ2v) is 4.42. The van der Waals surface area contributed by atoms with Crippen molar-refractivity contribution >= 4 is 23.3 Å². The summed E-state index contributed by atoms with van der Waals surface area (Å²) < 4.78 is 6.84. The van der Waals surface area contributed by atoms with E-state index in [9.17, 15) is 14.9 Å². The fourth-order valence-corrected chi connectivity index (χ4v) is 1.69. The zero-order chi connectivity index (χ0) is 14.7. The predicted molar refractivity (Wildman–Crippen MR) is 70.7 cm³/mol. The number of benzene rings is 1. The molecule has 0 aliphatic rings. The monoisotopic (exact) mass is 293 g/mol. The smallest absolute Gasteiger partial charge is 0.343 e. The summed E-state index contributed by atoms with van der Waals surface area (Å²) in [4.78, 5) is 22.0. The van der Waals surface area contributed by atoms with Crippen LogP contribution in [0.5, 0.6) is 5.75 Å². The molecule has 0 radical (unpaired) electrons. The Labute approximate surface area is 119 Å². The van der Waals surface area contributed by atoms with Crippen LogP contribution in [0, 0.1) is 10.1 Å². The highest BCUT2D eigenvalue weighted by Crippen LogP contribution is 2.28. The van der Waals surface area contributed by atoms with Gasteiger partial charge in [-0.1, -0.05) is 11.6 Å². The molecule has 7 heteroatoms. The van der Waals surface area contributed by atoms with E-state index in [-0.39, 0.29) is 16.5 Å². The van der Waals surface area contributed by atoms with E-state index < -0.39 is 10.9 Å². The summed E-state index contributed by atoms with van der Waals surface area (Å²) in [5.74, 6) is -0.526. The molecular weight excluding hydrogens is 284 g/mol. The average molecular weight is 294 g/mol. The third-order valence-electron chi connectivity index (χ3n) is 2.54. The van der Waals surface area contributed by atoms with Gasteiger partial charge in [-0.25, -0.2) is 9.36 Å². The maximum atomic E-state index is 11.9. The molecule has 0 N–H and O–H groups in total. The number of halogens is 1. The van der Waals surface area contributed by atoms with Gasteiger partial charge in [-0.2, -0.15) is 0 Å². The van der Waals surface area contributed by atoms with Crippen molar-refractivity contribution in [1.29, 1.82) is 0 Å². The molecular formula is C13H10ClN2O4+. The van der Waals surface area contributed by atoms with Crippen LogP contribution in [0.2, 0.25) is 5.02 Å². The number of esters is 1. The Morgan fingerprint density at radius 1 is 1.30 bits per heavy atom. The van der Waals surface area contributed by atoms with Crippen molar-refractivity contribution < 1.29 is 19.0 Å². The number of hydrogen-bond acceptors (Lipinski definition) is 4. The molecule has 20 heavy (non-hydrogen) atoms. The van der Waals surface area contributed by atoms with Crippen molar-refractivity contribution in [3.8, 4) is 5.75 Å². The lowest BCUT2D eigenvalue weighted by Crippen LogP contribution is -2.26. The van der Waals surface area contributed by atoms with Crippen LogP contribution >= 0.6 is 11.6 Å². The van der Waals surface area contributed by atoms with Gasteiger partial charge in [-0.3, -0.25) is 10.1 Å². The third kappa shape index (κ3) is 3.10. The largest absolute Gasteiger partial charge is 0.423 e. The zero-order valence-corrected chi connectivity index (χ0v) is 11.2. The number of carbonyl (C=O) groups excluding carboxylic acids is 1. The Morgan fingerprint density at radius 3 is 2.55 bits per heavy atom. The van der Waals surface area contributed by atoms with Gasteiger partial charge in [0.25, 0.3) is 5.69 Å². The van der Waals surface area contributed by atoms with E-state index in [2.05, 4.69) is 0 Å². The first-order chi connectivity index (χ1) is 9.47. The minimum Gasteiger partial charge on any atom is -0.423 e. The maximum absolute atomic E-state index is 11.9. The topological polar surface area (TPSA) is 73.3 Å². The highest BCUT2D eigenvalue weighted by molar-refractivity contribution is 6.32. The lowest BCUT2D eigenvalue weighted by molar-refractivity contribution is -0.671. The van der Waals surface area contributed by atoms with E-state index in [0.717, 1.165) is 6.07 Å². The van der Waals surface area contributed by atoms with Gasteiger partial charge in [0.1, 0.15) is 17.8 Å². The van der Waals surface area contributed by atoms with Crippen molar-refractivity contribution in [1.82, 2.24) is 0 Å². The lowest BCUT2D eigenvalue weighted by Gasteiger charge is -2.04. The van der Waals surface area contributed by atoms with Crippen LogP contribution in [0.1, 0.15) is 10.4 Å². The van der Waals surface area contributed by atoms with Gasteiger partial charge in [-0.15, -0.1) is 0 Å². The molecule has 1 heterocycles. The summed E-state index contributed by atoms with van der Waals surface area (Å²) in [7, 11) is 1.82. The van der Waals surface area contributed by atoms with E-state index in [1.807, 2.05) is 7.05 Å². The van der Waals surface area contributed by atoms with Crippen LogP contribution in [0.3, 0.4) is 0 Å². The zero-order valence-electron chi connectivity index (χ0n) is 10.4. The Balaban J connectivity index is 2.21. The summed E-state index contributed by atoms with van der Waals surface area (Å²) in [6.07, 6.45) is 3.39. The Kier molecular flexibility index (Phi) is 3.95.